The summed E-state index contributed by atoms with van der Waals surface area (Å²) in [5, 5.41) is 5.36. The van der Waals surface area contributed by atoms with Crippen LogP contribution < -0.4 is 28.4 Å². The molecule has 0 bridgehead atoms. The van der Waals surface area contributed by atoms with E-state index in [0.717, 1.165) is 51.5 Å². The highest BCUT2D eigenvalue weighted by atomic mass is 32.1. The molecule has 1 aliphatic heterocycles. The van der Waals surface area contributed by atoms with E-state index < -0.39 is 0 Å². The van der Waals surface area contributed by atoms with E-state index in [0.29, 0.717) is 48.4 Å². The molecule has 10 heteroatoms. The van der Waals surface area contributed by atoms with Crippen molar-refractivity contribution in [2.24, 2.45) is 5.16 Å². The van der Waals surface area contributed by atoms with E-state index in [4.69, 9.17) is 38.2 Å². The molecule has 6 rings (SSSR count). The summed E-state index contributed by atoms with van der Waals surface area (Å²) < 4.78 is 35.4. The third kappa shape index (κ3) is 6.82. The fraction of sp³-hybridized carbons (Fsp3) is 0.278. The molecule has 0 saturated carbocycles. The van der Waals surface area contributed by atoms with Crippen molar-refractivity contribution in [2.45, 2.75) is 25.4 Å². The third-order valence-electron chi connectivity index (χ3n) is 7.67. The molecule has 0 amide bonds. The third-order valence-corrected chi connectivity index (χ3v) is 8.75. The zero-order valence-electron chi connectivity index (χ0n) is 26.3. The molecule has 2 heterocycles. The zero-order chi connectivity index (χ0) is 31.9. The summed E-state index contributed by atoms with van der Waals surface area (Å²) >= 11 is 1.69. The monoisotopic (exact) mass is 640 g/mol. The largest absolute Gasteiger partial charge is 0.494 e. The Bertz CT molecular complexity index is 1780. The molecule has 1 aliphatic rings. The quantitative estimate of drug-likeness (QED) is 0.113. The maximum Gasteiger partial charge on any atom is 0.203 e. The number of hydrogen-bond donors (Lipinski definition) is 0. The number of thiazole rings is 1. The van der Waals surface area contributed by atoms with Crippen LogP contribution in [0.1, 0.15) is 36.5 Å². The summed E-state index contributed by atoms with van der Waals surface area (Å²) in [5.74, 6) is 3.81. The summed E-state index contributed by atoms with van der Waals surface area (Å²) in [6.45, 7) is 1.11. The van der Waals surface area contributed by atoms with E-state index in [-0.39, 0.29) is 6.10 Å². The minimum Gasteiger partial charge on any atom is -0.494 e. The Morgan fingerprint density at radius 1 is 0.717 bits per heavy atom. The molecular weight excluding hydrogens is 604 g/mol. The Labute approximate surface area is 272 Å². The topological polar surface area (TPSA) is 89.9 Å². The van der Waals surface area contributed by atoms with Crippen molar-refractivity contribution in [1.82, 2.24) is 4.98 Å². The van der Waals surface area contributed by atoms with Gasteiger partial charge in [0.15, 0.2) is 29.1 Å². The summed E-state index contributed by atoms with van der Waals surface area (Å²) in [4.78, 5) is 10.6. The van der Waals surface area contributed by atoms with Crippen molar-refractivity contribution in [2.75, 3.05) is 41.7 Å². The summed E-state index contributed by atoms with van der Waals surface area (Å²) in [7, 11) is 6.39. The smallest absolute Gasteiger partial charge is 0.203 e. The first-order chi connectivity index (χ1) is 22.6. The number of hydrogen-bond acceptors (Lipinski definition) is 10. The Balaban J connectivity index is 1.01. The van der Waals surface area contributed by atoms with Crippen LogP contribution in [0.25, 0.3) is 20.8 Å². The molecule has 0 saturated heterocycles. The molecular formula is C36H36N2O7S. The molecule has 238 valence electrons. The van der Waals surface area contributed by atoms with E-state index in [9.17, 15) is 0 Å². The van der Waals surface area contributed by atoms with E-state index >= 15 is 0 Å². The second-order valence-electron chi connectivity index (χ2n) is 10.6. The number of para-hydroxylation sites is 1. The molecule has 1 aromatic heterocycles. The van der Waals surface area contributed by atoms with Gasteiger partial charge in [0.25, 0.3) is 0 Å². The van der Waals surface area contributed by atoms with Crippen LogP contribution in [0.5, 0.6) is 34.5 Å². The fourth-order valence-corrected chi connectivity index (χ4v) is 6.23. The Morgan fingerprint density at radius 3 is 2.22 bits per heavy atom. The second kappa shape index (κ2) is 14.4. The summed E-state index contributed by atoms with van der Waals surface area (Å²) in [6.07, 6.45) is 1.96. The van der Waals surface area contributed by atoms with Crippen molar-refractivity contribution in [3.8, 4) is 45.1 Å². The molecule has 5 aromatic rings. The van der Waals surface area contributed by atoms with Crippen molar-refractivity contribution >= 4 is 27.3 Å². The predicted octanol–water partition coefficient (Wildman–Crippen LogP) is 8.10. The van der Waals surface area contributed by atoms with Gasteiger partial charge in [-0.1, -0.05) is 35.5 Å². The number of ether oxygens (including phenoxy) is 6. The number of rotatable bonds is 14. The lowest BCUT2D eigenvalue weighted by Crippen LogP contribution is -2.06. The summed E-state index contributed by atoms with van der Waals surface area (Å²) in [6, 6.07) is 25.9. The molecule has 0 spiro atoms. The second-order valence-corrected chi connectivity index (χ2v) is 11.6. The van der Waals surface area contributed by atoms with Gasteiger partial charge in [0.05, 0.1) is 57.6 Å². The average molecular weight is 641 g/mol. The molecule has 1 atom stereocenters. The Hall–Kier alpha value is -4.96. The molecule has 1 unspecified atom stereocenters. The number of unbranched alkanes of at least 4 members (excludes halogenated alkanes) is 1. The van der Waals surface area contributed by atoms with Crippen LogP contribution in [0.2, 0.25) is 0 Å². The molecule has 0 N–H and O–H groups in total. The van der Waals surface area contributed by atoms with Gasteiger partial charge in [0.2, 0.25) is 5.75 Å². The maximum absolute atomic E-state index is 6.16. The van der Waals surface area contributed by atoms with E-state index in [1.54, 1.807) is 39.8 Å². The molecule has 46 heavy (non-hydrogen) atoms. The van der Waals surface area contributed by atoms with Crippen LogP contribution >= 0.6 is 11.3 Å². The SMILES string of the molecule is COc1ccc(C2CC(c3cc(OC)c(OC)c(OC)c3)=NO2)cc1OCCCCOc1cccc(-c2nc3ccccc3s2)c1. The lowest BCUT2D eigenvalue weighted by molar-refractivity contribution is 0.0854. The number of methoxy groups -OCH3 is 4. The Morgan fingerprint density at radius 2 is 1.48 bits per heavy atom. The summed E-state index contributed by atoms with van der Waals surface area (Å²) in [5.41, 5.74) is 4.64. The number of nitrogens with zero attached hydrogens (tertiary/aromatic N) is 2. The first-order valence-corrected chi connectivity index (χ1v) is 15.8. The Kier molecular flexibility index (Phi) is 9.73. The van der Waals surface area contributed by atoms with Crippen molar-refractivity contribution in [3.05, 3.63) is 90.0 Å². The highest BCUT2D eigenvalue weighted by Gasteiger charge is 2.27. The molecule has 0 fully saturated rings. The van der Waals surface area contributed by atoms with Crippen LogP contribution in [0.15, 0.2) is 84.0 Å². The lowest BCUT2D eigenvalue weighted by Gasteiger charge is -2.15. The van der Waals surface area contributed by atoms with Gasteiger partial charge in [-0.25, -0.2) is 4.98 Å². The van der Waals surface area contributed by atoms with E-state index in [2.05, 4.69) is 17.3 Å². The minimum atomic E-state index is -0.269. The number of oxime groups is 1. The van der Waals surface area contributed by atoms with E-state index in [1.807, 2.05) is 66.7 Å². The highest BCUT2D eigenvalue weighted by molar-refractivity contribution is 7.21. The van der Waals surface area contributed by atoms with Crippen molar-refractivity contribution < 1.29 is 33.3 Å². The number of benzene rings is 4. The van der Waals surface area contributed by atoms with Crippen LogP contribution in [0, 0.1) is 0 Å². The van der Waals surface area contributed by atoms with Crippen LogP contribution in [-0.2, 0) is 4.84 Å². The predicted molar refractivity (Wildman–Crippen MR) is 179 cm³/mol. The lowest BCUT2D eigenvalue weighted by atomic mass is 9.99. The van der Waals surface area contributed by atoms with Gasteiger partial charge in [-0.15, -0.1) is 11.3 Å². The first kappa shape index (κ1) is 31.0. The van der Waals surface area contributed by atoms with E-state index in [1.165, 1.54) is 4.70 Å². The normalized spacial score (nSPS) is 14.0. The highest BCUT2D eigenvalue weighted by Crippen LogP contribution is 2.41. The van der Waals surface area contributed by atoms with Crippen molar-refractivity contribution in [1.29, 1.82) is 0 Å². The van der Waals surface area contributed by atoms with Gasteiger partial charge < -0.3 is 33.3 Å². The van der Waals surface area contributed by atoms with Gasteiger partial charge in [-0.3, -0.25) is 0 Å². The maximum atomic E-state index is 6.16. The standard InChI is InChI=1S/C36H36N2O7S/c1-39-29-15-14-23(30-22-28(38-45-30)25-20-32(40-2)35(42-4)33(21-25)41-3)19-31(29)44-17-8-7-16-43-26-11-9-10-24(18-26)36-37-27-12-5-6-13-34(27)46-36/h5-6,9-15,18-21,30H,7-8,16-17,22H2,1-4H3. The van der Waals surface area contributed by atoms with Gasteiger partial charge in [0.1, 0.15) is 10.8 Å². The molecule has 4 aromatic carbocycles. The van der Waals surface area contributed by atoms with Gasteiger partial charge in [-0.05, 0) is 66.9 Å². The molecule has 9 nitrogen and oxygen atoms in total. The number of fused-ring (bicyclic) bond motifs is 1. The van der Waals surface area contributed by atoms with Crippen LogP contribution in [0.4, 0.5) is 0 Å². The van der Waals surface area contributed by atoms with Gasteiger partial charge in [-0.2, -0.15) is 0 Å². The van der Waals surface area contributed by atoms with Crippen LogP contribution in [-0.4, -0.2) is 52.3 Å². The molecule has 0 radical (unpaired) electrons. The fourth-order valence-electron chi connectivity index (χ4n) is 5.27. The van der Waals surface area contributed by atoms with Gasteiger partial charge in [0, 0.05) is 17.5 Å². The first-order valence-electron chi connectivity index (χ1n) is 15.0. The average Bonchev–Trinajstić information content (AvgIpc) is 3.77. The minimum absolute atomic E-state index is 0.269. The van der Waals surface area contributed by atoms with Crippen molar-refractivity contribution in [3.63, 3.8) is 0 Å². The van der Waals surface area contributed by atoms with Gasteiger partial charge >= 0.3 is 0 Å². The van der Waals surface area contributed by atoms with Crippen LogP contribution in [0.3, 0.4) is 0 Å². The number of aromatic nitrogens is 1. The molecule has 0 aliphatic carbocycles. The zero-order valence-corrected chi connectivity index (χ0v) is 27.1.